The lowest BCUT2D eigenvalue weighted by molar-refractivity contribution is -0.136. The van der Waals surface area contributed by atoms with Gasteiger partial charge in [-0.2, -0.15) is 0 Å². The lowest BCUT2D eigenvalue weighted by atomic mass is 10.0. The highest BCUT2D eigenvalue weighted by Gasteiger charge is 2.39. The summed E-state index contributed by atoms with van der Waals surface area (Å²) < 4.78 is 0. The fraction of sp³-hybridized carbons (Fsp3) is 0.312. The van der Waals surface area contributed by atoms with Gasteiger partial charge in [-0.1, -0.05) is 40.2 Å². The van der Waals surface area contributed by atoms with E-state index in [0.29, 0.717) is 18.5 Å². The van der Waals surface area contributed by atoms with Crippen LogP contribution in [-0.2, 0) is 16.1 Å². The fourth-order valence-corrected chi connectivity index (χ4v) is 3.12. The minimum Gasteiger partial charge on any atom is -0.322 e. The first-order chi connectivity index (χ1) is 10.6. The summed E-state index contributed by atoms with van der Waals surface area (Å²) in [6, 6.07) is 5.03. The minimum atomic E-state index is -0.564. The average molecular weight is 363 g/mol. The van der Waals surface area contributed by atoms with E-state index in [0.717, 1.165) is 16.5 Å². The summed E-state index contributed by atoms with van der Waals surface area (Å²) in [6.07, 6.45) is 4.59. The molecule has 22 heavy (non-hydrogen) atoms. The van der Waals surface area contributed by atoms with Gasteiger partial charge in [0.25, 0.3) is 5.91 Å². The molecule has 0 bridgehead atoms. The average Bonchev–Trinajstić information content (AvgIpc) is 2.83. The SMILES string of the molecule is O=C1CCC(N2Cc3c(/C=C/CBr)cccc3C2=O)C(=O)N1. The van der Waals surface area contributed by atoms with Crippen LogP contribution in [0.15, 0.2) is 24.3 Å². The molecule has 1 atom stereocenters. The zero-order chi connectivity index (χ0) is 15.7. The Kier molecular flexibility index (Phi) is 4.11. The highest BCUT2D eigenvalue weighted by molar-refractivity contribution is 9.09. The van der Waals surface area contributed by atoms with E-state index in [1.54, 1.807) is 11.0 Å². The van der Waals surface area contributed by atoms with Crippen molar-refractivity contribution in [3.63, 3.8) is 0 Å². The van der Waals surface area contributed by atoms with Crippen molar-refractivity contribution < 1.29 is 14.4 Å². The molecule has 3 amide bonds. The molecular weight excluding hydrogens is 348 g/mol. The van der Waals surface area contributed by atoms with Gasteiger partial charge in [-0.25, -0.2) is 0 Å². The first-order valence-corrected chi connectivity index (χ1v) is 8.23. The third kappa shape index (κ3) is 2.59. The van der Waals surface area contributed by atoms with Crippen LogP contribution in [0.2, 0.25) is 0 Å². The van der Waals surface area contributed by atoms with Crippen molar-refractivity contribution in [3.8, 4) is 0 Å². The number of allylic oxidation sites excluding steroid dienone is 1. The van der Waals surface area contributed by atoms with Crippen molar-refractivity contribution in [1.82, 2.24) is 10.2 Å². The molecule has 1 unspecified atom stereocenters. The number of nitrogens with zero attached hydrogens (tertiary/aromatic N) is 1. The molecule has 1 aromatic carbocycles. The third-order valence-electron chi connectivity index (χ3n) is 4.00. The van der Waals surface area contributed by atoms with E-state index in [1.165, 1.54) is 0 Å². The number of carbonyl (C=O) groups excluding carboxylic acids is 3. The Hall–Kier alpha value is -1.95. The van der Waals surface area contributed by atoms with E-state index in [-0.39, 0.29) is 24.1 Å². The Bertz CT molecular complexity index is 684. The van der Waals surface area contributed by atoms with Crippen molar-refractivity contribution in [3.05, 3.63) is 41.0 Å². The molecular formula is C16H15BrN2O3. The van der Waals surface area contributed by atoms with Crippen LogP contribution < -0.4 is 5.32 Å². The largest absolute Gasteiger partial charge is 0.322 e. The predicted octanol–water partition coefficient (Wildman–Crippen LogP) is 1.86. The van der Waals surface area contributed by atoms with Gasteiger partial charge in [0, 0.05) is 23.9 Å². The van der Waals surface area contributed by atoms with E-state index < -0.39 is 6.04 Å². The molecule has 1 aromatic rings. The monoisotopic (exact) mass is 362 g/mol. The van der Waals surface area contributed by atoms with E-state index >= 15 is 0 Å². The second-order valence-electron chi connectivity index (χ2n) is 5.33. The van der Waals surface area contributed by atoms with Gasteiger partial charge in [0.2, 0.25) is 11.8 Å². The van der Waals surface area contributed by atoms with Crippen LogP contribution in [0.4, 0.5) is 0 Å². The van der Waals surface area contributed by atoms with Crippen LogP contribution in [-0.4, -0.2) is 34.0 Å². The van der Waals surface area contributed by atoms with Crippen LogP contribution in [0.25, 0.3) is 6.08 Å². The number of rotatable bonds is 3. The Morgan fingerprint density at radius 2 is 2.14 bits per heavy atom. The molecule has 0 aromatic heterocycles. The molecule has 1 fully saturated rings. The number of nitrogens with one attached hydrogen (secondary N) is 1. The second-order valence-corrected chi connectivity index (χ2v) is 5.98. The van der Waals surface area contributed by atoms with Crippen LogP contribution in [0.3, 0.4) is 0 Å². The molecule has 0 radical (unpaired) electrons. The van der Waals surface area contributed by atoms with E-state index in [1.807, 2.05) is 24.3 Å². The zero-order valence-corrected chi connectivity index (χ0v) is 13.4. The molecule has 2 heterocycles. The van der Waals surface area contributed by atoms with Gasteiger partial charge in [0.1, 0.15) is 6.04 Å². The summed E-state index contributed by atoms with van der Waals surface area (Å²) in [5.74, 6) is -0.792. The molecule has 1 saturated heterocycles. The van der Waals surface area contributed by atoms with E-state index in [2.05, 4.69) is 21.2 Å². The number of fused-ring (bicyclic) bond motifs is 1. The maximum Gasteiger partial charge on any atom is 0.255 e. The summed E-state index contributed by atoms with van der Waals surface area (Å²) in [5.41, 5.74) is 2.57. The van der Waals surface area contributed by atoms with Crippen molar-refractivity contribution in [2.45, 2.75) is 25.4 Å². The summed E-state index contributed by atoms with van der Waals surface area (Å²) in [5, 5.41) is 3.05. The van der Waals surface area contributed by atoms with Gasteiger partial charge in [-0.3, -0.25) is 19.7 Å². The predicted molar refractivity (Wildman–Crippen MR) is 85.3 cm³/mol. The number of hydrogen-bond acceptors (Lipinski definition) is 3. The Morgan fingerprint density at radius 1 is 1.32 bits per heavy atom. The fourth-order valence-electron chi connectivity index (χ4n) is 2.94. The summed E-state index contributed by atoms with van der Waals surface area (Å²) >= 11 is 3.34. The van der Waals surface area contributed by atoms with Crippen molar-refractivity contribution in [2.75, 3.05) is 5.33 Å². The van der Waals surface area contributed by atoms with Gasteiger partial charge in [-0.05, 0) is 23.6 Å². The number of piperidine rings is 1. The number of hydrogen-bond donors (Lipinski definition) is 1. The smallest absolute Gasteiger partial charge is 0.255 e. The lowest BCUT2D eigenvalue weighted by Gasteiger charge is -2.29. The molecule has 2 aliphatic rings. The van der Waals surface area contributed by atoms with Crippen molar-refractivity contribution in [1.29, 1.82) is 0 Å². The van der Waals surface area contributed by atoms with E-state index in [9.17, 15) is 14.4 Å². The molecule has 1 N–H and O–H groups in total. The molecule has 0 spiro atoms. The Morgan fingerprint density at radius 3 is 2.86 bits per heavy atom. The highest BCUT2D eigenvalue weighted by Crippen LogP contribution is 2.30. The van der Waals surface area contributed by atoms with Gasteiger partial charge < -0.3 is 4.90 Å². The topological polar surface area (TPSA) is 66.5 Å². The molecule has 3 rings (SSSR count). The standard InChI is InChI=1S/C16H15BrN2O3/c17-8-2-4-10-3-1-5-11-12(10)9-19(16(11)22)13-6-7-14(20)18-15(13)21/h1-5,13H,6-9H2,(H,18,20,21)/b4-2+. The molecule has 6 heteroatoms. The van der Waals surface area contributed by atoms with Crippen LogP contribution in [0.5, 0.6) is 0 Å². The normalized spacial score (nSPS) is 21.4. The maximum atomic E-state index is 12.6. The minimum absolute atomic E-state index is 0.140. The highest BCUT2D eigenvalue weighted by atomic mass is 79.9. The molecule has 114 valence electrons. The summed E-state index contributed by atoms with van der Waals surface area (Å²) in [6.45, 7) is 0.406. The first kappa shape index (κ1) is 15.0. The number of imide groups is 1. The summed E-state index contributed by atoms with van der Waals surface area (Å²) in [7, 11) is 0. The number of alkyl halides is 1. The molecule has 5 nitrogen and oxygen atoms in total. The van der Waals surface area contributed by atoms with Gasteiger partial charge in [0.15, 0.2) is 0 Å². The second kappa shape index (κ2) is 6.04. The van der Waals surface area contributed by atoms with Gasteiger partial charge >= 0.3 is 0 Å². The first-order valence-electron chi connectivity index (χ1n) is 7.11. The molecule has 0 saturated carbocycles. The quantitative estimate of drug-likeness (QED) is 0.659. The Labute approximate surface area is 136 Å². The van der Waals surface area contributed by atoms with E-state index in [4.69, 9.17) is 0 Å². The molecule has 2 aliphatic heterocycles. The van der Waals surface area contributed by atoms with Crippen LogP contribution >= 0.6 is 15.9 Å². The van der Waals surface area contributed by atoms with Gasteiger partial charge in [0.05, 0.1) is 0 Å². The zero-order valence-electron chi connectivity index (χ0n) is 11.8. The number of halogens is 1. The number of carbonyl (C=O) groups is 3. The third-order valence-corrected chi connectivity index (χ3v) is 4.38. The van der Waals surface area contributed by atoms with Crippen LogP contribution in [0, 0.1) is 0 Å². The van der Waals surface area contributed by atoms with Crippen LogP contribution in [0.1, 0.15) is 34.3 Å². The molecule has 0 aliphatic carbocycles. The lowest BCUT2D eigenvalue weighted by Crippen LogP contribution is -2.52. The summed E-state index contributed by atoms with van der Waals surface area (Å²) in [4.78, 5) is 37.4. The number of benzene rings is 1. The maximum absolute atomic E-state index is 12.6. The van der Waals surface area contributed by atoms with Crippen molar-refractivity contribution in [2.24, 2.45) is 0 Å². The number of amides is 3. The van der Waals surface area contributed by atoms with Crippen molar-refractivity contribution >= 4 is 39.7 Å². The van der Waals surface area contributed by atoms with Gasteiger partial charge in [-0.15, -0.1) is 0 Å². The Balaban J connectivity index is 1.89.